The average molecular weight is 520 g/mol. The van der Waals surface area contributed by atoms with Crippen LogP contribution in [0.15, 0.2) is 48.5 Å². The lowest BCUT2D eigenvalue weighted by Gasteiger charge is -2.37. The molecule has 3 fully saturated rings. The predicted octanol–water partition coefficient (Wildman–Crippen LogP) is 2.75. The second-order valence-electron chi connectivity index (χ2n) is 11.0. The molecule has 0 aliphatic carbocycles. The van der Waals surface area contributed by atoms with Crippen LogP contribution < -0.4 is 10.6 Å². The third kappa shape index (κ3) is 3.93. The molecule has 2 unspecified atom stereocenters. The molecule has 3 heterocycles. The number of carbonyl (C=O) groups is 3. The highest BCUT2D eigenvalue weighted by molar-refractivity contribution is 6.04. The summed E-state index contributed by atoms with van der Waals surface area (Å²) in [4.78, 5) is 43.3. The molecule has 3 amide bonds. The first-order valence-corrected chi connectivity index (χ1v) is 13.5. The van der Waals surface area contributed by atoms with Crippen molar-refractivity contribution in [1.29, 1.82) is 0 Å². The number of amides is 3. The third-order valence-electron chi connectivity index (χ3n) is 8.97. The molecule has 0 saturated carbocycles. The van der Waals surface area contributed by atoms with Crippen molar-refractivity contribution in [1.82, 2.24) is 10.2 Å². The van der Waals surface area contributed by atoms with Crippen LogP contribution in [0.1, 0.15) is 42.9 Å². The van der Waals surface area contributed by atoms with Crippen molar-refractivity contribution in [2.24, 2.45) is 11.8 Å². The number of likely N-dealkylation sites (tertiary alicyclic amines) is 1. The van der Waals surface area contributed by atoms with Crippen LogP contribution >= 0.6 is 0 Å². The molecule has 3 saturated heterocycles. The van der Waals surface area contributed by atoms with Crippen LogP contribution in [0.4, 0.5) is 5.69 Å². The zero-order chi connectivity index (χ0) is 27.2. The van der Waals surface area contributed by atoms with Crippen molar-refractivity contribution in [3.63, 3.8) is 0 Å². The Hall–Kier alpha value is -3.23. The minimum atomic E-state index is -1.14. The Balaban J connectivity index is 1.60. The molecule has 6 atom stereocenters. The smallest absolute Gasteiger partial charge is 0.250 e. The third-order valence-corrected chi connectivity index (χ3v) is 8.97. The number of aryl methyl sites for hydroxylation is 2. The van der Waals surface area contributed by atoms with Crippen molar-refractivity contribution >= 4 is 23.4 Å². The van der Waals surface area contributed by atoms with Crippen LogP contribution in [0.3, 0.4) is 0 Å². The fourth-order valence-corrected chi connectivity index (χ4v) is 7.11. The van der Waals surface area contributed by atoms with Crippen LogP contribution in [0.25, 0.3) is 0 Å². The summed E-state index contributed by atoms with van der Waals surface area (Å²) in [6.45, 7) is 5.53. The SMILES string of the molecule is CC[C@]12CCC3(O1)C(C(=O)Nc1cc(C)ccc1C)N([C@@H](CO)Cc1ccccc1)C(=O)[C@@H]3[C@H]2C(=O)NC. The number of hydrogen-bond donors (Lipinski definition) is 3. The minimum Gasteiger partial charge on any atom is -0.394 e. The lowest BCUT2D eigenvalue weighted by molar-refractivity contribution is -0.149. The maximum absolute atomic E-state index is 14.3. The monoisotopic (exact) mass is 519 g/mol. The van der Waals surface area contributed by atoms with Crippen LogP contribution in [0.5, 0.6) is 0 Å². The molecule has 3 aliphatic rings. The predicted molar refractivity (Wildman–Crippen MR) is 143 cm³/mol. The van der Waals surface area contributed by atoms with Crippen molar-refractivity contribution < 1.29 is 24.2 Å². The highest BCUT2D eigenvalue weighted by Crippen LogP contribution is 2.64. The summed E-state index contributed by atoms with van der Waals surface area (Å²) >= 11 is 0. The summed E-state index contributed by atoms with van der Waals surface area (Å²) < 4.78 is 6.76. The van der Waals surface area contributed by atoms with E-state index in [1.54, 1.807) is 7.05 Å². The van der Waals surface area contributed by atoms with Crippen molar-refractivity contribution in [3.8, 4) is 0 Å². The van der Waals surface area contributed by atoms with Gasteiger partial charge < -0.3 is 25.4 Å². The molecule has 3 aliphatic heterocycles. The number of ether oxygens (including phenoxy) is 1. The van der Waals surface area contributed by atoms with Crippen LogP contribution in [-0.4, -0.2) is 64.7 Å². The molecule has 2 bridgehead atoms. The number of carbonyl (C=O) groups excluding carboxylic acids is 3. The van der Waals surface area contributed by atoms with E-state index in [1.165, 1.54) is 4.90 Å². The first-order valence-electron chi connectivity index (χ1n) is 13.5. The summed E-state index contributed by atoms with van der Waals surface area (Å²) in [5.41, 5.74) is 1.59. The van der Waals surface area contributed by atoms with Gasteiger partial charge in [0.15, 0.2) is 0 Å². The molecule has 8 nitrogen and oxygen atoms in total. The maximum Gasteiger partial charge on any atom is 0.250 e. The molecule has 2 aromatic rings. The van der Waals surface area contributed by atoms with Crippen LogP contribution in [0, 0.1) is 25.7 Å². The summed E-state index contributed by atoms with van der Waals surface area (Å²) in [5, 5.41) is 16.3. The van der Waals surface area contributed by atoms with E-state index >= 15 is 0 Å². The van der Waals surface area contributed by atoms with E-state index in [0.717, 1.165) is 16.7 Å². The maximum atomic E-state index is 14.3. The number of aliphatic hydroxyl groups excluding tert-OH is 1. The van der Waals surface area contributed by atoms with E-state index in [-0.39, 0.29) is 24.3 Å². The van der Waals surface area contributed by atoms with E-state index < -0.39 is 35.1 Å². The molecule has 38 heavy (non-hydrogen) atoms. The quantitative estimate of drug-likeness (QED) is 0.497. The number of fused-ring (bicyclic) bond motifs is 1. The summed E-state index contributed by atoms with van der Waals surface area (Å²) in [6.07, 6.45) is 2.03. The van der Waals surface area contributed by atoms with Gasteiger partial charge in [0.2, 0.25) is 17.7 Å². The Kier molecular flexibility index (Phi) is 6.82. The van der Waals surface area contributed by atoms with Gasteiger partial charge in [0, 0.05) is 12.7 Å². The molecule has 202 valence electrons. The average Bonchev–Trinajstić information content (AvgIpc) is 3.53. The van der Waals surface area contributed by atoms with Gasteiger partial charge in [-0.2, -0.15) is 0 Å². The van der Waals surface area contributed by atoms with E-state index in [2.05, 4.69) is 10.6 Å². The Morgan fingerprint density at radius 1 is 1.13 bits per heavy atom. The highest BCUT2D eigenvalue weighted by atomic mass is 16.5. The lowest BCUT2D eigenvalue weighted by atomic mass is 9.65. The summed E-state index contributed by atoms with van der Waals surface area (Å²) in [5.74, 6) is -2.40. The van der Waals surface area contributed by atoms with Gasteiger partial charge in [-0.1, -0.05) is 49.4 Å². The molecule has 3 N–H and O–H groups in total. The number of anilines is 1. The van der Waals surface area contributed by atoms with Gasteiger partial charge in [0.25, 0.3) is 0 Å². The zero-order valence-electron chi connectivity index (χ0n) is 22.5. The Morgan fingerprint density at radius 3 is 2.53 bits per heavy atom. The molecule has 0 radical (unpaired) electrons. The van der Waals surface area contributed by atoms with Crippen molar-refractivity contribution in [2.75, 3.05) is 19.0 Å². The van der Waals surface area contributed by atoms with E-state index in [9.17, 15) is 19.5 Å². The highest BCUT2D eigenvalue weighted by Gasteiger charge is 2.79. The number of hydrogen-bond acceptors (Lipinski definition) is 5. The van der Waals surface area contributed by atoms with Crippen molar-refractivity contribution in [2.45, 2.75) is 69.7 Å². The Bertz CT molecular complexity index is 1250. The van der Waals surface area contributed by atoms with E-state index in [0.29, 0.717) is 31.4 Å². The Labute approximate surface area is 223 Å². The second-order valence-corrected chi connectivity index (χ2v) is 11.0. The first-order chi connectivity index (χ1) is 18.2. The number of nitrogens with zero attached hydrogens (tertiary/aromatic N) is 1. The largest absolute Gasteiger partial charge is 0.394 e. The summed E-state index contributed by atoms with van der Waals surface area (Å²) in [6, 6.07) is 13.8. The fourth-order valence-electron chi connectivity index (χ4n) is 7.11. The topological polar surface area (TPSA) is 108 Å². The van der Waals surface area contributed by atoms with Gasteiger partial charge in [-0.3, -0.25) is 14.4 Å². The van der Waals surface area contributed by atoms with Gasteiger partial charge in [-0.15, -0.1) is 0 Å². The summed E-state index contributed by atoms with van der Waals surface area (Å²) in [7, 11) is 1.57. The molecule has 5 rings (SSSR count). The zero-order valence-corrected chi connectivity index (χ0v) is 22.5. The van der Waals surface area contributed by atoms with Gasteiger partial charge in [0.1, 0.15) is 11.6 Å². The number of benzene rings is 2. The number of aliphatic hydroxyl groups is 1. The lowest BCUT2D eigenvalue weighted by Crippen LogP contribution is -2.57. The molecule has 1 spiro atoms. The fraction of sp³-hybridized carbons (Fsp3) is 0.500. The molecular formula is C30H37N3O5. The molecule has 0 aromatic heterocycles. The van der Waals surface area contributed by atoms with E-state index in [4.69, 9.17) is 4.74 Å². The second kappa shape index (κ2) is 9.82. The van der Waals surface area contributed by atoms with Gasteiger partial charge in [-0.25, -0.2) is 0 Å². The van der Waals surface area contributed by atoms with Crippen LogP contribution in [-0.2, 0) is 25.5 Å². The normalized spacial score (nSPS) is 30.3. The van der Waals surface area contributed by atoms with E-state index in [1.807, 2.05) is 69.3 Å². The van der Waals surface area contributed by atoms with Gasteiger partial charge >= 0.3 is 0 Å². The Morgan fingerprint density at radius 2 is 1.87 bits per heavy atom. The standard InChI is InChI=1S/C30H37N3O5/c1-5-29-13-14-30(38-29)24(23(29)26(35)31-4)28(37)33(21(17-34)16-20-9-7-6-8-10-20)25(30)27(36)32-22-15-18(2)11-12-19(22)3/h6-12,15,21,23-25,34H,5,13-14,16-17H2,1-4H3,(H,31,35)(H,32,36)/t21-,23+,24+,25?,29-,30?/m1/s1. The molecular weight excluding hydrogens is 482 g/mol. The number of rotatable bonds is 8. The van der Waals surface area contributed by atoms with Gasteiger partial charge in [0.05, 0.1) is 30.1 Å². The van der Waals surface area contributed by atoms with Crippen molar-refractivity contribution in [3.05, 3.63) is 65.2 Å². The first kappa shape index (κ1) is 26.4. The van der Waals surface area contributed by atoms with Gasteiger partial charge in [-0.05, 0) is 62.3 Å². The molecule has 2 aromatic carbocycles. The van der Waals surface area contributed by atoms with Crippen LogP contribution in [0.2, 0.25) is 0 Å². The minimum absolute atomic E-state index is 0.245. The molecule has 8 heteroatoms. The number of nitrogens with one attached hydrogen (secondary N) is 2.